The number of halogens is 3. The van der Waals surface area contributed by atoms with Gasteiger partial charge in [-0.2, -0.15) is 0 Å². The first-order chi connectivity index (χ1) is 5.41. The number of aromatic hydroxyl groups is 1. The normalized spacial score (nSPS) is 9.33. The molecule has 1 aromatic rings. The Balaban J connectivity index is -0.000000480. The minimum Gasteiger partial charge on any atom is -1.00 e. The Morgan fingerprint density at radius 3 is 1.93 bits per heavy atom. The van der Waals surface area contributed by atoms with E-state index >= 15 is 0 Å². The predicted molar refractivity (Wildman–Crippen MR) is 51.8 cm³/mol. The second kappa shape index (κ2) is 7.81. The maximum atomic E-state index is 9.51. The summed E-state index contributed by atoms with van der Waals surface area (Å²) in [6.07, 6.45) is 0. The van der Waals surface area contributed by atoms with Gasteiger partial charge in [-0.05, 0) is 23.6 Å². The van der Waals surface area contributed by atoms with E-state index in [1.165, 1.54) is 0 Å². The van der Waals surface area contributed by atoms with Crippen molar-refractivity contribution in [3.63, 3.8) is 0 Å². The maximum Gasteiger partial charge on any atom is 2.00 e. The van der Waals surface area contributed by atoms with Gasteiger partial charge in [0.1, 0.15) is 5.75 Å². The summed E-state index contributed by atoms with van der Waals surface area (Å²) in [5.74, 6) is 0.312. The first kappa shape index (κ1) is 20.9. The molecule has 0 atom stereocenters. The topological polar surface area (TPSA) is 20.2 Å². The Morgan fingerprint density at radius 1 is 1.13 bits per heavy atom. The molecule has 0 bridgehead atoms. The molecule has 0 aliphatic rings. The zero-order valence-electron chi connectivity index (χ0n) is 8.81. The van der Waals surface area contributed by atoms with Crippen molar-refractivity contribution in [2.45, 2.75) is 26.2 Å². The van der Waals surface area contributed by atoms with Crippen LogP contribution in [-0.2, 0) is 27.1 Å². The minimum absolute atomic E-state index is 0. The zero-order valence-corrected chi connectivity index (χ0v) is 12.6. The Labute approximate surface area is 123 Å². The first-order valence-corrected chi connectivity index (χ1v) is 4.28. The van der Waals surface area contributed by atoms with E-state index in [0.717, 1.165) is 5.56 Å². The van der Waals surface area contributed by atoms with Crippen LogP contribution in [0.4, 0.5) is 0 Å². The molecule has 0 saturated carbocycles. The van der Waals surface area contributed by atoms with Crippen LogP contribution in [0.3, 0.4) is 0 Å². The average Bonchev–Trinajstić information content (AvgIpc) is 1.92. The van der Waals surface area contributed by atoms with Gasteiger partial charge in [0.05, 0.1) is 0 Å². The molecule has 5 heteroatoms. The molecule has 0 radical (unpaired) electrons. The monoisotopic (exact) mass is 302 g/mol. The maximum absolute atomic E-state index is 9.51. The quantitative estimate of drug-likeness (QED) is 0.519. The van der Waals surface area contributed by atoms with E-state index in [1.54, 1.807) is 18.2 Å². The van der Waals surface area contributed by atoms with E-state index in [9.17, 15) is 5.11 Å². The third-order valence-corrected chi connectivity index (χ3v) is 2.00. The Morgan fingerprint density at radius 2 is 1.60 bits per heavy atom. The molecule has 0 saturated heterocycles. The molecule has 84 valence electrons. The van der Waals surface area contributed by atoms with Crippen LogP contribution in [0.25, 0.3) is 0 Å². The van der Waals surface area contributed by atoms with Gasteiger partial charge in [-0.1, -0.05) is 32.4 Å². The standard InChI is InChI=1S/C10H13ClO.2ClH.Ti/c1-10(2,3)8-6-7(11)4-5-9(8)12;;;/h4-6,12H,1-3H3;2*1H;/q;;;+2/p-2. The van der Waals surface area contributed by atoms with E-state index < -0.39 is 0 Å². The molecule has 1 aromatic carbocycles. The summed E-state index contributed by atoms with van der Waals surface area (Å²) in [6.45, 7) is 6.12. The van der Waals surface area contributed by atoms with E-state index in [-0.39, 0.29) is 51.9 Å². The van der Waals surface area contributed by atoms with Crippen molar-refractivity contribution in [3.8, 4) is 5.75 Å². The van der Waals surface area contributed by atoms with E-state index in [2.05, 4.69) is 0 Å². The van der Waals surface area contributed by atoms with Crippen molar-refractivity contribution in [1.82, 2.24) is 0 Å². The largest absolute Gasteiger partial charge is 2.00 e. The van der Waals surface area contributed by atoms with Crippen molar-refractivity contribution in [1.29, 1.82) is 0 Å². The molecule has 0 aliphatic carbocycles. The van der Waals surface area contributed by atoms with Crippen molar-refractivity contribution < 1.29 is 51.6 Å². The minimum atomic E-state index is -0.0605. The molecule has 1 rings (SSSR count). The van der Waals surface area contributed by atoms with Crippen molar-refractivity contribution in [2.24, 2.45) is 0 Å². The number of hydrogen-bond acceptors (Lipinski definition) is 1. The molecule has 0 unspecified atom stereocenters. The third kappa shape index (κ3) is 6.04. The fraction of sp³-hybridized carbons (Fsp3) is 0.400. The molecule has 0 spiro atoms. The summed E-state index contributed by atoms with van der Waals surface area (Å²) in [7, 11) is 0. The third-order valence-electron chi connectivity index (χ3n) is 1.77. The molecular weight excluding hydrogens is 290 g/mol. The Bertz CT molecular complexity index is 297. The number of hydrogen-bond donors (Lipinski definition) is 1. The van der Waals surface area contributed by atoms with Gasteiger partial charge in [0.15, 0.2) is 0 Å². The van der Waals surface area contributed by atoms with Gasteiger partial charge < -0.3 is 29.9 Å². The molecule has 0 aromatic heterocycles. The van der Waals surface area contributed by atoms with Gasteiger partial charge in [-0.25, -0.2) is 0 Å². The number of phenols is 1. The summed E-state index contributed by atoms with van der Waals surface area (Å²) in [6, 6.07) is 5.12. The van der Waals surface area contributed by atoms with E-state index in [0.29, 0.717) is 10.8 Å². The van der Waals surface area contributed by atoms with Gasteiger partial charge in [-0.15, -0.1) is 0 Å². The molecule has 0 amide bonds. The fourth-order valence-electron chi connectivity index (χ4n) is 1.11. The number of rotatable bonds is 0. The average molecular weight is 303 g/mol. The second-order valence-corrected chi connectivity index (χ2v) is 4.35. The van der Waals surface area contributed by atoms with Gasteiger partial charge in [0.2, 0.25) is 0 Å². The predicted octanol–water partition coefficient (Wildman–Crippen LogP) is -2.65. The summed E-state index contributed by atoms with van der Waals surface area (Å²) >= 11 is 5.81. The number of phenolic OH excluding ortho intramolecular Hbond substituents is 1. The van der Waals surface area contributed by atoms with Gasteiger partial charge in [0.25, 0.3) is 0 Å². The van der Waals surface area contributed by atoms with Gasteiger partial charge in [-0.3, -0.25) is 0 Å². The van der Waals surface area contributed by atoms with Crippen LogP contribution in [-0.4, -0.2) is 5.11 Å². The summed E-state index contributed by atoms with van der Waals surface area (Å²) in [4.78, 5) is 0. The van der Waals surface area contributed by atoms with Crippen LogP contribution < -0.4 is 24.8 Å². The zero-order chi connectivity index (χ0) is 9.35. The van der Waals surface area contributed by atoms with Gasteiger partial charge >= 0.3 is 21.7 Å². The molecular formula is C10H13Cl3OTi. The SMILES string of the molecule is CC(C)(C)c1cc(Cl)ccc1O.[Cl-].[Cl-].[Ti+2]. The molecule has 0 aliphatic heterocycles. The number of benzene rings is 1. The van der Waals surface area contributed by atoms with Gasteiger partial charge in [0, 0.05) is 10.6 Å². The van der Waals surface area contributed by atoms with Crippen LogP contribution >= 0.6 is 11.6 Å². The van der Waals surface area contributed by atoms with Crippen molar-refractivity contribution in [3.05, 3.63) is 28.8 Å². The van der Waals surface area contributed by atoms with Crippen LogP contribution in [0.1, 0.15) is 26.3 Å². The molecule has 15 heavy (non-hydrogen) atoms. The molecule has 0 heterocycles. The fourth-order valence-corrected chi connectivity index (χ4v) is 1.28. The summed E-state index contributed by atoms with van der Waals surface area (Å²) < 4.78 is 0. The smallest absolute Gasteiger partial charge is 1.00 e. The van der Waals surface area contributed by atoms with Crippen LogP contribution in [0.2, 0.25) is 5.02 Å². The van der Waals surface area contributed by atoms with Crippen LogP contribution in [0.5, 0.6) is 5.75 Å². The molecule has 1 nitrogen and oxygen atoms in total. The summed E-state index contributed by atoms with van der Waals surface area (Å²) in [5, 5.41) is 10.2. The van der Waals surface area contributed by atoms with Crippen molar-refractivity contribution >= 4 is 11.6 Å². The van der Waals surface area contributed by atoms with Crippen molar-refractivity contribution in [2.75, 3.05) is 0 Å². The molecule has 1 N–H and O–H groups in total. The Hall–Kier alpha value is 0.604. The van der Waals surface area contributed by atoms with E-state index in [4.69, 9.17) is 11.6 Å². The van der Waals surface area contributed by atoms with E-state index in [1.807, 2.05) is 20.8 Å². The second-order valence-electron chi connectivity index (χ2n) is 3.91. The van der Waals surface area contributed by atoms with Crippen LogP contribution in [0.15, 0.2) is 18.2 Å². The van der Waals surface area contributed by atoms with Crippen LogP contribution in [0, 0.1) is 0 Å². The Kier molecular flexibility index (Phi) is 10.9. The molecule has 0 fully saturated rings. The first-order valence-electron chi connectivity index (χ1n) is 3.90. The summed E-state index contributed by atoms with van der Waals surface area (Å²) in [5.41, 5.74) is 0.824.